The summed E-state index contributed by atoms with van der Waals surface area (Å²) in [5.41, 5.74) is -1.03. The van der Waals surface area contributed by atoms with Gasteiger partial charge in [-0.3, -0.25) is 0 Å². The van der Waals surface area contributed by atoms with Crippen LogP contribution in [0.4, 0.5) is 13.2 Å². The molecule has 0 fully saturated rings. The minimum atomic E-state index is -4.62. The minimum Gasteiger partial charge on any atom is -0.486 e. The van der Waals surface area contributed by atoms with Crippen molar-refractivity contribution in [3.05, 3.63) is 54.1 Å². The molecule has 0 bridgehead atoms. The maximum Gasteiger partial charge on any atom is 0.416 e. The maximum atomic E-state index is 12.7. The lowest BCUT2D eigenvalue weighted by atomic mass is 10.2. The predicted octanol–water partition coefficient (Wildman–Crippen LogP) is 2.82. The molecule has 1 N–H and O–H groups in total. The summed E-state index contributed by atoms with van der Waals surface area (Å²) in [6.07, 6.45) is -5.20. The Hall–Kier alpha value is -2.26. The number of nitrogens with one attached hydrogen (secondary N) is 1. The van der Waals surface area contributed by atoms with E-state index in [0.29, 0.717) is 17.6 Å². The van der Waals surface area contributed by atoms with Crippen LogP contribution in [0.25, 0.3) is 0 Å². The van der Waals surface area contributed by atoms with Crippen molar-refractivity contribution in [1.82, 2.24) is 4.72 Å². The van der Waals surface area contributed by atoms with Crippen LogP contribution in [0, 0.1) is 0 Å². The zero-order valence-electron chi connectivity index (χ0n) is 12.8. The fourth-order valence-corrected chi connectivity index (χ4v) is 3.40. The van der Waals surface area contributed by atoms with Gasteiger partial charge in [0.05, 0.1) is 17.0 Å². The van der Waals surface area contributed by atoms with Crippen molar-refractivity contribution in [2.45, 2.75) is 17.2 Å². The smallest absolute Gasteiger partial charge is 0.416 e. The first-order valence-electron chi connectivity index (χ1n) is 7.31. The molecule has 0 amide bonds. The van der Waals surface area contributed by atoms with Crippen molar-refractivity contribution >= 4 is 10.0 Å². The number of alkyl halides is 3. The second kappa shape index (κ2) is 6.57. The van der Waals surface area contributed by atoms with Crippen LogP contribution < -0.4 is 14.2 Å². The van der Waals surface area contributed by atoms with Gasteiger partial charge in [0.1, 0.15) is 12.7 Å². The maximum absolute atomic E-state index is 12.7. The first kappa shape index (κ1) is 17.6. The number of fused-ring (bicyclic) bond motifs is 1. The highest BCUT2D eigenvalue weighted by Gasteiger charge is 2.32. The van der Waals surface area contributed by atoms with Gasteiger partial charge in [-0.15, -0.1) is 0 Å². The largest absolute Gasteiger partial charge is 0.486 e. The highest BCUT2D eigenvalue weighted by molar-refractivity contribution is 7.89. The fourth-order valence-electron chi connectivity index (χ4n) is 2.29. The van der Waals surface area contributed by atoms with Crippen LogP contribution in [0.3, 0.4) is 0 Å². The van der Waals surface area contributed by atoms with Crippen molar-refractivity contribution in [1.29, 1.82) is 0 Å². The van der Waals surface area contributed by atoms with Gasteiger partial charge in [0.25, 0.3) is 0 Å². The summed E-state index contributed by atoms with van der Waals surface area (Å²) < 4.78 is 75.9. The standard InChI is InChI=1S/C16H14F3NO4S/c17-16(18,19)11-4-3-5-13(8-11)25(21,22)20-9-12-10-23-14-6-1-2-7-15(14)24-12/h1-8,12,20H,9-10H2/t12-/m0/s1. The lowest BCUT2D eigenvalue weighted by molar-refractivity contribution is -0.137. The lowest BCUT2D eigenvalue weighted by Crippen LogP contribution is -2.40. The van der Waals surface area contributed by atoms with Crippen LogP contribution in [0.5, 0.6) is 11.5 Å². The van der Waals surface area contributed by atoms with E-state index in [2.05, 4.69) is 4.72 Å². The number of ether oxygens (including phenoxy) is 2. The summed E-state index contributed by atoms with van der Waals surface area (Å²) in [6, 6.07) is 10.5. The van der Waals surface area contributed by atoms with Gasteiger partial charge >= 0.3 is 6.18 Å². The number of hydrogen-bond acceptors (Lipinski definition) is 4. The van der Waals surface area contributed by atoms with Gasteiger partial charge in [-0.1, -0.05) is 18.2 Å². The van der Waals surface area contributed by atoms with Crippen molar-refractivity contribution in [3.8, 4) is 11.5 Å². The molecule has 0 radical (unpaired) electrons. The van der Waals surface area contributed by atoms with Gasteiger partial charge in [-0.05, 0) is 30.3 Å². The zero-order chi connectivity index (χ0) is 18.1. The zero-order valence-corrected chi connectivity index (χ0v) is 13.6. The molecule has 0 aliphatic carbocycles. The quantitative estimate of drug-likeness (QED) is 0.895. The summed E-state index contributed by atoms with van der Waals surface area (Å²) in [7, 11) is -4.11. The van der Waals surface area contributed by atoms with Crippen LogP contribution in [-0.2, 0) is 16.2 Å². The Morgan fingerprint density at radius 1 is 1.08 bits per heavy atom. The summed E-state index contributed by atoms with van der Waals surface area (Å²) in [4.78, 5) is -0.459. The van der Waals surface area contributed by atoms with E-state index in [1.165, 1.54) is 0 Å². The van der Waals surface area contributed by atoms with E-state index in [1.54, 1.807) is 24.3 Å². The topological polar surface area (TPSA) is 64.6 Å². The van der Waals surface area contributed by atoms with E-state index in [4.69, 9.17) is 9.47 Å². The molecule has 1 aliphatic rings. The van der Waals surface area contributed by atoms with E-state index in [0.717, 1.165) is 18.2 Å². The third-order valence-corrected chi connectivity index (χ3v) is 4.96. The number of rotatable bonds is 4. The van der Waals surface area contributed by atoms with Crippen molar-refractivity contribution in [2.75, 3.05) is 13.2 Å². The monoisotopic (exact) mass is 373 g/mol. The number of benzene rings is 2. The molecule has 1 aliphatic heterocycles. The molecule has 134 valence electrons. The van der Waals surface area contributed by atoms with Crippen molar-refractivity contribution in [3.63, 3.8) is 0 Å². The molecule has 25 heavy (non-hydrogen) atoms. The molecular formula is C16H14F3NO4S. The first-order valence-corrected chi connectivity index (χ1v) is 8.79. The molecule has 2 aromatic carbocycles. The van der Waals surface area contributed by atoms with Crippen molar-refractivity contribution in [2.24, 2.45) is 0 Å². The fraction of sp³-hybridized carbons (Fsp3) is 0.250. The molecule has 0 saturated heterocycles. The molecule has 0 saturated carbocycles. The second-order valence-corrected chi connectivity index (χ2v) is 7.14. The summed E-state index contributed by atoms with van der Waals surface area (Å²) in [6.45, 7) is -0.00492. The summed E-state index contributed by atoms with van der Waals surface area (Å²) >= 11 is 0. The van der Waals surface area contributed by atoms with Gasteiger partial charge in [-0.2, -0.15) is 13.2 Å². The van der Waals surface area contributed by atoms with Crippen LogP contribution in [0.15, 0.2) is 53.4 Å². The molecule has 9 heteroatoms. The van der Waals surface area contributed by atoms with E-state index < -0.39 is 32.8 Å². The Morgan fingerprint density at radius 2 is 1.80 bits per heavy atom. The van der Waals surface area contributed by atoms with E-state index in [9.17, 15) is 21.6 Å². The Labute approximate surface area is 142 Å². The van der Waals surface area contributed by atoms with E-state index in [-0.39, 0.29) is 13.2 Å². The van der Waals surface area contributed by atoms with Gasteiger partial charge in [0, 0.05) is 0 Å². The number of sulfonamides is 1. The van der Waals surface area contributed by atoms with Crippen molar-refractivity contribution < 1.29 is 31.1 Å². The summed E-state index contributed by atoms with van der Waals surface area (Å²) in [5, 5.41) is 0. The average Bonchev–Trinajstić information content (AvgIpc) is 2.59. The van der Waals surface area contributed by atoms with Gasteiger partial charge in [0.2, 0.25) is 10.0 Å². The molecule has 3 rings (SSSR count). The van der Waals surface area contributed by atoms with Crippen LogP contribution in [0.2, 0.25) is 0 Å². The van der Waals surface area contributed by atoms with Crippen LogP contribution >= 0.6 is 0 Å². The SMILES string of the molecule is O=S(=O)(NC[C@H]1COc2ccccc2O1)c1cccc(C(F)(F)F)c1. The van der Waals surface area contributed by atoms with Gasteiger partial charge in [0.15, 0.2) is 11.5 Å². The van der Waals surface area contributed by atoms with E-state index >= 15 is 0 Å². The average molecular weight is 373 g/mol. The molecular weight excluding hydrogens is 359 g/mol. The molecule has 1 heterocycles. The molecule has 0 unspecified atom stereocenters. The minimum absolute atomic E-state index is 0.127. The van der Waals surface area contributed by atoms with Crippen LogP contribution in [-0.4, -0.2) is 27.7 Å². The molecule has 1 atom stereocenters. The summed E-state index contributed by atoms with van der Waals surface area (Å²) in [5.74, 6) is 1.04. The van der Waals surface area contributed by atoms with Gasteiger partial charge in [-0.25, -0.2) is 13.1 Å². The number of halogens is 3. The molecule has 5 nitrogen and oxygen atoms in total. The third-order valence-electron chi connectivity index (χ3n) is 3.54. The molecule has 0 spiro atoms. The third kappa shape index (κ3) is 4.05. The first-order chi connectivity index (χ1) is 11.8. The second-order valence-electron chi connectivity index (χ2n) is 5.38. The van der Waals surface area contributed by atoms with Crippen LogP contribution in [0.1, 0.15) is 5.56 Å². The van der Waals surface area contributed by atoms with Gasteiger partial charge < -0.3 is 9.47 Å². The Morgan fingerprint density at radius 3 is 2.52 bits per heavy atom. The highest BCUT2D eigenvalue weighted by atomic mass is 32.2. The number of hydrogen-bond donors (Lipinski definition) is 1. The lowest BCUT2D eigenvalue weighted by Gasteiger charge is -2.26. The Kier molecular flexibility index (Phi) is 4.61. The predicted molar refractivity (Wildman–Crippen MR) is 83.0 cm³/mol. The normalized spacial score (nSPS) is 17.3. The molecule has 2 aromatic rings. The van der Waals surface area contributed by atoms with E-state index in [1.807, 2.05) is 0 Å². The number of para-hydroxylation sites is 2. The molecule has 0 aromatic heterocycles. The Bertz CT molecular complexity index is 868. The highest BCUT2D eigenvalue weighted by Crippen LogP contribution is 2.31. The Balaban J connectivity index is 1.69.